The molecule has 0 amide bonds. The van der Waals surface area contributed by atoms with Gasteiger partial charge in [0, 0.05) is 0 Å². The maximum absolute atomic E-state index is 14.1. The lowest BCUT2D eigenvalue weighted by molar-refractivity contribution is -0.139. The fourth-order valence-electron chi connectivity index (χ4n) is 2.63. The number of esters is 1. The minimum Gasteiger partial charge on any atom is -0.486 e. The molecule has 0 radical (unpaired) electrons. The number of hydrogen-bond acceptors (Lipinski definition) is 3. The third-order valence-electron chi connectivity index (χ3n) is 4.09. The molecule has 0 heterocycles. The molecule has 0 aliphatic carbocycles. The highest BCUT2D eigenvalue weighted by molar-refractivity contribution is 5.73. The summed E-state index contributed by atoms with van der Waals surface area (Å²) in [6.07, 6.45) is 1.77. The lowest BCUT2D eigenvalue weighted by Crippen LogP contribution is -2.10. The van der Waals surface area contributed by atoms with Crippen molar-refractivity contribution >= 4 is 5.97 Å². The Balaban J connectivity index is 2.23. The number of carbonyl (C=O) groups excluding carboxylic acids is 1. The van der Waals surface area contributed by atoms with Crippen LogP contribution < -0.4 is 4.74 Å². The van der Waals surface area contributed by atoms with Crippen LogP contribution in [-0.2, 0) is 35.4 Å². The molecule has 0 spiro atoms. The van der Waals surface area contributed by atoms with Gasteiger partial charge in [0.1, 0.15) is 6.61 Å². The molecule has 2 aromatic rings. The molecule has 0 aliphatic rings. The number of rotatable bonds is 7. The van der Waals surface area contributed by atoms with Gasteiger partial charge in [-0.1, -0.05) is 38.1 Å². The molecule has 0 atom stereocenters. The first kappa shape index (κ1) is 18.0. The molecule has 4 heteroatoms. The SMILES string of the molecule is CCc1ccc(OCc2c(CC)cccc2CC(=O)OC)c(F)c1. The van der Waals surface area contributed by atoms with Gasteiger partial charge >= 0.3 is 5.97 Å². The zero-order chi connectivity index (χ0) is 17.5. The monoisotopic (exact) mass is 330 g/mol. The van der Waals surface area contributed by atoms with Crippen LogP contribution in [0.5, 0.6) is 5.75 Å². The summed E-state index contributed by atoms with van der Waals surface area (Å²) in [5.41, 5.74) is 3.79. The Bertz CT molecular complexity index is 710. The van der Waals surface area contributed by atoms with E-state index in [1.54, 1.807) is 6.07 Å². The minimum atomic E-state index is -0.363. The van der Waals surface area contributed by atoms with E-state index in [2.05, 4.69) is 0 Å². The second-order valence-electron chi connectivity index (χ2n) is 5.57. The molecule has 2 rings (SSSR count). The number of ether oxygens (including phenoxy) is 2. The van der Waals surface area contributed by atoms with Crippen molar-refractivity contribution in [2.24, 2.45) is 0 Å². The first-order chi connectivity index (χ1) is 11.6. The Morgan fingerprint density at radius 1 is 1.08 bits per heavy atom. The molecular formula is C20H23FO3. The molecule has 3 nitrogen and oxygen atoms in total. The van der Waals surface area contributed by atoms with Crippen LogP contribution in [0.4, 0.5) is 4.39 Å². The maximum atomic E-state index is 14.1. The highest BCUT2D eigenvalue weighted by atomic mass is 19.1. The summed E-state index contributed by atoms with van der Waals surface area (Å²) < 4.78 is 24.5. The lowest BCUT2D eigenvalue weighted by Gasteiger charge is -2.15. The van der Waals surface area contributed by atoms with Crippen molar-refractivity contribution in [2.75, 3.05) is 7.11 Å². The van der Waals surface area contributed by atoms with Gasteiger partial charge < -0.3 is 9.47 Å². The normalized spacial score (nSPS) is 10.5. The van der Waals surface area contributed by atoms with E-state index in [0.717, 1.165) is 35.1 Å². The van der Waals surface area contributed by atoms with Crippen molar-refractivity contribution in [3.05, 3.63) is 64.5 Å². The number of halogens is 1. The van der Waals surface area contributed by atoms with Crippen molar-refractivity contribution < 1.29 is 18.7 Å². The van der Waals surface area contributed by atoms with E-state index in [4.69, 9.17) is 9.47 Å². The van der Waals surface area contributed by atoms with Crippen molar-refractivity contribution in [2.45, 2.75) is 39.7 Å². The average molecular weight is 330 g/mol. The summed E-state index contributed by atoms with van der Waals surface area (Å²) in [5, 5.41) is 0. The summed E-state index contributed by atoms with van der Waals surface area (Å²) in [6.45, 7) is 4.24. The summed E-state index contributed by atoms with van der Waals surface area (Å²) in [5.74, 6) is -0.442. The Morgan fingerprint density at radius 3 is 2.46 bits per heavy atom. The summed E-state index contributed by atoms with van der Waals surface area (Å²) >= 11 is 0. The van der Waals surface area contributed by atoms with Gasteiger partial charge in [-0.3, -0.25) is 4.79 Å². The van der Waals surface area contributed by atoms with Crippen LogP contribution in [0.1, 0.15) is 36.1 Å². The largest absolute Gasteiger partial charge is 0.486 e. The number of methoxy groups -OCH3 is 1. The predicted molar refractivity (Wildman–Crippen MR) is 91.7 cm³/mol. The molecule has 0 fully saturated rings. The summed E-state index contributed by atoms with van der Waals surface area (Å²) in [6, 6.07) is 10.8. The van der Waals surface area contributed by atoms with Gasteiger partial charge in [0.05, 0.1) is 13.5 Å². The highest BCUT2D eigenvalue weighted by Gasteiger charge is 2.13. The first-order valence-corrected chi connectivity index (χ1v) is 8.16. The zero-order valence-electron chi connectivity index (χ0n) is 14.4. The molecule has 2 aromatic carbocycles. The predicted octanol–water partition coefficient (Wildman–Crippen LogP) is 4.25. The number of aryl methyl sites for hydroxylation is 2. The van der Waals surface area contributed by atoms with E-state index < -0.39 is 0 Å². The molecule has 0 aromatic heterocycles. The molecular weight excluding hydrogens is 307 g/mol. The van der Waals surface area contributed by atoms with Crippen molar-refractivity contribution in [3.8, 4) is 5.75 Å². The third-order valence-corrected chi connectivity index (χ3v) is 4.09. The fraction of sp³-hybridized carbons (Fsp3) is 0.350. The van der Waals surface area contributed by atoms with Gasteiger partial charge in [0.25, 0.3) is 0 Å². The van der Waals surface area contributed by atoms with E-state index in [0.29, 0.717) is 0 Å². The molecule has 0 bridgehead atoms. The first-order valence-electron chi connectivity index (χ1n) is 8.16. The molecule has 0 saturated carbocycles. The summed E-state index contributed by atoms with van der Waals surface area (Å²) in [7, 11) is 1.37. The van der Waals surface area contributed by atoms with Crippen LogP contribution in [0, 0.1) is 5.82 Å². The van der Waals surface area contributed by atoms with E-state index in [1.165, 1.54) is 13.2 Å². The molecule has 128 valence electrons. The van der Waals surface area contributed by atoms with Gasteiger partial charge in [0.15, 0.2) is 11.6 Å². The van der Waals surface area contributed by atoms with Gasteiger partial charge in [-0.15, -0.1) is 0 Å². The van der Waals surface area contributed by atoms with Gasteiger partial charge in [0.2, 0.25) is 0 Å². The minimum absolute atomic E-state index is 0.181. The van der Waals surface area contributed by atoms with Crippen LogP contribution in [0.15, 0.2) is 36.4 Å². The van der Waals surface area contributed by atoms with Gasteiger partial charge in [-0.05, 0) is 47.2 Å². The van der Waals surface area contributed by atoms with Gasteiger partial charge in [-0.2, -0.15) is 0 Å². The van der Waals surface area contributed by atoms with Crippen molar-refractivity contribution in [3.63, 3.8) is 0 Å². The topological polar surface area (TPSA) is 35.5 Å². The molecule has 0 unspecified atom stereocenters. The maximum Gasteiger partial charge on any atom is 0.309 e. The zero-order valence-corrected chi connectivity index (χ0v) is 14.4. The Kier molecular flexibility index (Phi) is 6.36. The van der Waals surface area contributed by atoms with Crippen LogP contribution in [0.3, 0.4) is 0 Å². The van der Waals surface area contributed by atoms with E-state index in [-0.39, 0.29) is 30.6 Å². The lowest BCUT2D eigenvalue weighted by atomic mass is 9.97. The molecule has 0 saturated heterocycles. The Morgan fingerprint density at radius 2 is 1.83 bits per heavy atom. The highest BCUT2D eigenvalue weighted by Crippen LogP contribution is 2.23. The molecule has 24 heavy (non-hydrogen) atoms. The Labute approximate surface area is 142 Å². The van der Waals surface area contributed by atoms with E-state index >= 15 is 0 Å². The Hall–Kier alpha value is -2.36. The second kappa shape index (κ2) is 8.48. The number of hydrogen-bond donors (Lipinski definition) is 0. The van der Waals surface area contributed by atoms with Crippen molar-refractivity contribution in [1.29, 1.82) is 0 Å². The quantitative estimate of drug-likeness (QED) is 0.712. The standard InChI is InChI=1S/C20H23FO3/c1-4-14-9-10-19(18(21)11-14)24-13-17-15(5-2)7-6-8-16(17)12-20(22)23-3/h6-11H,4-5,12-13H2,1-3H3. The number of benzene rings is 2. The van der Waals surface area contributed by atoms with Gasteiger partial charge in [-0.25, -0.2) is 4.39 Å². The molecule has 0 N–H and O–H groups in total. The van der Waals surface area contributed by atoms with E-state index in [9.17, 15) is 9.18 Å². The van der Waals surface area contributed by atoms with Crippen LogP contribution >= 0.6 is 0 Å². The summed E-state index contributed by atoms with van der Waals surface area (Å²) in [4.78, 5) is 11.6. The third kappa shape index (κ3) is 4.34. The van der Waals surface area contributed by atoms with Crippen LogP contribution in [0.25, 0.3) is 0 Å². The fourth-order valence-corrected chi connectivity index (χ4v) is 2.63. The van der Waals surface area contributed by atoms with Crippen LogP contribution in [0.2, 0.25) is 0 Å². The van der Waals surface area contributed by atoms with Crippen molar-refractivity contribution in [1.82, 2.24) is 0 Å². The second-order valence-corrected chi connectivity index (χ2v) is 5.57. The van der Waals surface area contributed by atoms with Crippen LogP contribution in [-0.4, -0.2) is 13.1 Å². The van der Waals surface area contributed by atoms with E-state index in [1.807, 2.05) is 38.1 Å². The molecule has 0 aliphatic heterocycles. The smallest absolute Gasteiger partial charge is 0.309 e. The number of carbonyl (C=O) groups is 1. The average Bonchev–Trinajstić information content (AvgIpc) is 2.60.